The number of thiazole rings is 1. The van der Waals surface area contributed by atoms with E-state index in [-0.39, 0.29) is 16.5 Å². The van der Waals surface area contributed by atoms with Gasteiger partial charge in [-0.25, -0.2) is 13.4 Å². The van der Waals surface area contributed by atoms with E-state index in [0.717, 1.165) is 24.1 Å². The van der Waals surface area contributed by atoms with Crippen molar-refractivity contribution >= 4 is 32.4 Å². The number of aromatic nitrogens is 2. The number of amides is 1. The first-order valence-electron chi connectivity index (χ1n) is 9.35. The smallest absolute Gasteiger partial charge is 0.274 e. The molecule has 1 aliphatic rings. The number of sulfonamides is 1. The molecule has 0 atom stereocenters. The van der Waals surface area contributed by atoms with Crippen LogP contribution in [0.25, 0.3) is 11.3 Å². The van der Waals surface area contributed by atoms with Crippen molar-refractivity contribution in [3.63, 3.8) is 0 Å². The minimum absolute atomic E-state index is 0.145. The summed E-state index contributed by atoms with van der Waals surface area (Å²) in [5.74, 6) is -0.389. The van der Waals surface area contributed by atoms with Crippen LogP contribution in [-0.2, 0) is 17.1 Å². The number of benzene rings is 1. The quantitative estimate of drug-likeness (QED) is 0.671. The van der Waals surface area contributed by atoms with Gasteiger partial charge in [0.25, 0.3) is 5.91 Å². The Labute approximate surface area is 174 Å². The van der Waals surface area contributed by atoms with Crippen LogP contribution in [0.5, 0.6) is 0 Å². The second-order valence-electron chi connectivity index (χ2n) is 7.14. The molecule has 1 aromatic carbocycles. The Balaban J connectivity index is 1.52. The Morgan fingerprint density at radius 1 is 1.17 bits per heavy atom. The fourth-order valence-corrected chi connectivity index (χ4v) is 5.63. The van der Waals surface area contributed by atoms with Crippen molar-refractivity contribution in [2.24, 2.45) is 7.05 Å². The highest BCUT2D eigenvalue weighted by atomic mass is 32.2. The van der Waals surface area contributed by atoms with E-state index < -0.39 is 10.0 Å². The van der Waals surface area contributed by atoms with Crippen LogP contribution >= 0.6 is 11.3 Å². The lowest BCUT2D eigenvalue weighted by molar-refractivity contribution is 0.101. The molecule has 1 amide bonds. The van der Waals surface area contributed by atoms with E-state index in [4.69, 9.17) is 0 Å². The van der Waals surface area contributed by atoms with Crippen LogP contribution in [0.4, 0.5) is 5.13 Å². The summed E-state index contributed by atoms with van der Waals surface area (Å²) < 4.78 is 28.5. The van der Waals surface area contributed by atoms with Crippen molar-refractivity contribution in [1.29, 1.82) is 0 Å². The second kappa shape index (κ2) is 7.74. The third kappa shape index (κ3) is 3.98. The van der Waals surface area contributed by atoms with E-state index >= 15 is 0 Å². The van der Waals surface area contributed by atoms with Crippen LogP contribution in [0.2, 0.25) is 0 Å². The van der Waals surface area contributed by atoms with E-state index in [9.17, 15) is 13.2 Å². The van der Waals surface area contributed by atoms with Gasteiger partial charge in [0, 0.05) is 37.3 Å². The third-order valence-corrected chi connectivity index (χ3v) is 7.61. The van der Waals surface area contributed by atoms with Crippen LogP contribution in [0.15, 0.2) is 46.8 Å². The highest BCUT2D eigenvalue weighted by molar-refractivity contribution is 7.89. The zero-order valence-corrected chi connectivity index (χ0v) is 17.9. The largest absolute Gasteiger partial charge is 0.345 e. The van der Waals surface area contributed by atoms with Crippen LogP contribution in [0, 0.1) is 6.92 Å². The van der Waals surface area contributed by atoms with Gasteiger partial charge in [-0.1, -0.05) is 29.8 Å². The van der Waals surface area contributed by atoms with Gasteiger partial charge in [0.05, 0.1) is 5.69 Å². The lowest BCUT2D eigenvalue weighted by atomic mass is 10.1. The van der Waals surface area contributed by atoms with Gasteiger partial charge in [0.15, 0.2) is 5.13 Å². The van der Waals surface area contributed by atoms with Gasteiger partial charge in [-0.15, -0.1) is 11.3 Å². The lowest BCUT2D eigenvalue weighted by Gasteiger charge is -2.13. The van der Waals surface area contributed by atoms with E-state index in [0.29, 0.717) is 18.2 Å². The maximum atomic E-state index is 12.7. The molecule has 4 rings (SSSR count). The summed E-state index contributed by atoms with van der Waals surface area (Å²) in [6.07, 6.45) is 3.22. The molecule has 0 unspecified atom stereocenters. The van der Waals surface area contributed by atoms with Gasteiger partial charge in [-0.2, -0.15) is 4.31 Å². The minimum atomic E-state index is -3.56. The number of rotatable bonds is 5. The average molecular weight is 431 g/mol. The number of anilines is 1. The molecular formula is C20H22N4O3S2. The molecule has 1 aliphatic heterocycles. The normalized spacial score (nSPS) is 15.0. The number of hydrogen-bond donors (Lipinski definition) is 1. The highest BCUT2D eigenvalue weighted by Gasteiger charge is 2.29. The van der Waals surface area contributed by atoms with Gasteiger partial charge >= 0.3 is 0 Å². The first-order valence-corrected chi connectivity index (χ1v) is 11.7. The molecule has 0 aliphatic carbocycles. The molecule has 152 valence electrons. The summed E-state index contributed by atoms with van der Waals surface area (Å²) in [7, 11) is -1.90. The lowest BCUT2D eigenvalue weighted by Crippen LogP contribution is -2.27. The molecule has 3 heterocycles. The summed E-state index contributed by atoms with van der Waals surface area (Å²) >= 11 is 1.33. The number of nitrogens with zero attached hydrogens (tertiary/aromatic N) is 3. The van der Waals surface area contributed by atoms with Crippen molar-refractivity contribution in [1.82, 2.24) is 13.9 Å². The zero-order valence-electron chi connectivity index (χ0n) is 16.3. The van der Waals surface area contributed by atoms with Gasteiger partial charge in [-0.3, -0.25) is 10.1 Å². The number of nitrogens with one attached hydrogen (secondary N) is 1. The van der Waals surface area contributed by atoms with Crippen molar-refractivity contribution < 1.29 is 13.2 Å². The van der Waals surface area contributed by atoms with Gasteiger partial charge in [-0.05, 0) is 25.8 Å². The first-order chi connectivity index (χ1) is 13.8. The number of aryl methyl sites for hydroxylation is 2. The van der Waals surface area contributed by atoms with E-state index in [2.05, 4.69) is 10.3 Å². The monoisotopic (exact) mass is 430 g/mol. The fraction of sp³-hybridized carbons (Fsp3) is 0.300. The molecule has 0 radical (unpaired) electrons. The number of hydrogen-bond acceptors (Lipinski definition) is 5. The maximum Gasteiger partial charge on any atom is 0.274 e. The molecule has 7 nitrogen and oxygen atoms in total. The molecule has 0 saturated carbocycles. The molecular weight excluding hydrogens is 408 g/mol. The van der Waals surface area contributed by atoms with Crippen molar-refractivity contribution in [3.05, 3.63) is 53.2 Å². The Bertz CT molecular complexity index is 1140. The summed E-state index contributed by atoms with van der Waals surface area (Å²) in [6.45, 7) is 3.08. The average Bonchev–Trinajstić information content (AvgIpc) is 3.43. The maximum absolute atomic E-state index is 12.7. The van der Waals surface area contributed by atoms with E-state index in [1.807, 2.05) is 36.6 Å². The summed E-state index contributed by atoms with van der Waals surface area (Å²) in [4.78, 5) is 17.3. The Morgan fingerprint density at radius 2 is 1.86 bits per heavy atom. The summed E-state index contributed by atoms with van der Waals surface area (Å²) in [5, 5.41) is 5.13. The molecule has 0 bridgehead atoms. The molecule has 1 fully saturated rings. The predicted octanol–water partition coefficient (Wildman–Crippen LogP) is 3.49. The van der Waals surface area contributed by atoms with Crippen molar-refractivity contribution in [2.75, 3.05) is 18.4 Å². The predicted molar refractivity (Wildman–Crippen MR) is 114 cm³/mol. The Hall–Kier alpha value is -2.49. The summed E-state index contributed by atoms with van der Waals surface area (Å²) in [6, 6.07) is 9.43. The number of carbonyl (C=O) groups is 1. The van der Waals surface area contributed by atoms with Gasteiger partial charge < -0.3 is 4.57 Å². The molecule has 1 N–H and O–H groups in total. The van der Waals surface area contributed by atoms with Crippen LogP contribution < -0.4 is 5.32 Å². The Morgan fingerprint density at radius 3 is 2.55 bits per heavy atom. The minimum Gasteiger partial charge on any atom is -0.345 e. The highest BCUT2D eigenvalue weighted by Crippen LogP contribution is 2.26. The van der Waals surface area contributed by atoms with Crippen LogP contribution in [0.3, 0.4) is 0 Å². The zero-order chi connectivity index (χ0) is 20.6. The van der Waals surface area contributed by atoms with Gasteiger partial charge in [0.1, 0.15) is 10.6 Å². The fourth-order valence-electron chi connectivity index (χ4n) is 3.33. The molecule has 3 aromatic rings. The molecule has 9 heteroatoms. The van der Waals surface area contributed by atoms with E-state index in [1.165, 1.54) is 38.0 Å². The molecule has 1 saturated heterocycles. The molecule has 29 heavy (non-hydrogen) atoms. The second-order valence-corrected chi connectivity index (χ2v) is 9.94. The first kappa shape index (κ1) is 19.8. The van der Waals surface area contributed by atoms with Crippen molar-refractivity contribution in [3.8, 4) is 11.3 Å². The van der Waals surface area contributed by atoms with E-state index in [1.54, 1.807) is 7.05 Å². The Kier molecular flexibility index (Phi) is 5.28. The summed E-state index contributed by atoms with van der Waals surface area (Å²) in [5.41, 5.74) is 3.20. The molecule has 2 aromatic heterocycles. The number of carbonyl (C=O) groups excluding carboxylic acids is 1. The SMILES string of the molecule is Cc1ccc(-c2csc(NC(=O)c3cc(S(=O)(=O)N4CCCC4)cn3C)n2)cc1. The van der Waals surface area contributed by atoms with Crippen LogP contribution in [0.1, 0.15) is 28.9 Å². The standard InChI is InChI=1S/C20H22N4O3S2/c1-14-5-7-15(8-6-14)17-13-28-20(21-17)22-19(25)18-11-16(12-23(18)2)29(26,27)24-9-3-4-10-24/h5-8,11-13H,3-4,9-10H2,1-2H3,(H,21,22,25). The van der Waals surface area contributed by atoms with Crippen LogP contribution in [-0.4, -0.2) is 41.3 Å². The van der Waals surface area contributed by atoms with Gasteiger partial charge in [0.2, 0.25) is 10.0 Å². The van der Waals surface area contributed by atoms with Crippen molar-refractivity contribution in [2.45, 2.75) is 24.7 Å². The molecule has 0 spiro atoms. The third-order valence-electron chi connectivity index (χ3n) is 4.99. The topological polar surface area (TPSA) is 84.3 Å².